The second kappa shape index (κ2) is 5.27. The number of aryl methyl sites for hydroxylation is 1. The smallest absolute Gasteiger partial charge is 0.231 e. The molecule has 0 fully saturated rings. The van der Waals surface area contributed by atoms with Crippen molar-refractivity contribution in [3.8, 4) is 0 Å². The van der Waals surface area contributed by atoms with Gasteiger partial charge in [-0.1, -0.05) is 6.07 Å². The maximum absolute atomic E-state index is 9.32. The molecule has 0 aliphatic carbocycles. The average molecular weight is 305 g/mol. The first-order valence-corrected chi connectivity index (χ1v) is 6.90. The monoisotopic (exact) mass is 304 g/mol. The topological polar surface area (TPSA) is 111 Å². The van der Waals surface area contributed by atoms with Gasteiger partial charge in [-0.05, 0) is 36.2 Å². The highest BCUT2D eigenvalue weighted by molar-refractivity contribution is 8.19. The highest BCUT2D eigenvalue weighted by Gasteiger charge is 2.18. The lowest BCUT2D eigenvalue weighted by Gasteiger charge is -2.22. The molecule has 2 rings (SSSR count). The van der Waals surface area contributed by atoms with Gasteiger partial charge >= 0.3 is 0 Å². The van der Waals surface area contributed by atoms with Crippen LogP contribution in [0.2, 0.25) is 5.28 Å². The molecule has 0 aliphatic heterocycles. The van der Waals surface area contributed by atoms with Crippen molar-refractivity contribution in [2.75, 3.05) is 5.32 Å². The summed E-state index contributed by atoms with van der Waals surface area (Å²) in [6, 6.07) is 4.57. The molecule has 0 radical (unpaired) electrons. The van der Waals surface area contributed by atoms with Crippen LogP contribution in [0.15, 0.2) is 29.4 Å². The maximum Gasteiger partial charge on any atom is 0.231 e. The van der Waals surface area contributed by atoms with Crippen molar-refractivity contribution < 1.29 is 15.0 Å². The molecule has 0 unspecified atom stereocenters. The highest BCUT2D eigenvalue weighted by Crippen LogP contribution is 2.46. The van der Waals surface area contributed by atoms with Crippen LogP contribution in [0.1, 0.15) is 6.93 Å². The SMILES string of the molecule is [3H]c1nc(Cl)nc(Nc2ccc(C)c(S(O)(O)O)c2)n1. The third-order valence-corrected chi connectivity index (χ3v) is 3.43. The van der Waals surface area contributed by atoms with Crippen molar-refractivity contribution in [2.24, 2.45) is 0 Å². The van der Waals surface area contributed by atoms with E-state index < -0.39 is 10.9 Å². The summed E-state index contributed by atoms with van der Waals surface area (Å²) in [5, 5.41) is 2.61. The largest absolute Gasteiger partial charge is 0.324 e. The van der Waals surface area contributed by atoms with Gasteiger partial charge in [0, 0.05) is 5.69 Å². The van der Waals surface area contributed by atoms with Gasteiger partial charge in [0.2, 0.25) is 11.2 Å². The number of hydrogen-bond donors (Lipinski definition) is 4. The van der Waals surface area contributed by atoms with E-state index in [9.17, 15) is 13.7 Å². The van der Waals surface area contributed by atoms with E-state index in [0.29, 0.717) is 11.3 Å². The summed E-state index contributed by atoms with van der Waals surface area (Å²) in [6.45, 7) is 1.63. The van der Waals surface area contributed by atoms with E-state index in [2.05, 4.69) is 20.3 Å². The van der Waals surface area contributed by atoms with Crippen LogP contribution in [0.5, 0.6) is 0 Å². The first kappa shape index (κ1) is 12.6. The van der Waals surface area contributed by atoms with E-state index in [0.717, 1.165) is 0 Å². The minimum atomic E-state index is -3.82. The van der Waals surface area contributed by atoms with Gasteiger partial charge in [0.1, 0.15) is 18.5 Å². The Balaban J connectivity index is 2.35. The van der Waals surface area contributed by atoms with Crippen LogP contribution < -0.4 is 5.32 Å². The number of nitrogens with one attached hydrogen (secondary N) is 1. The molecule has 1 heterocycles. The zero-order valence-electron chi connectivity index (χ0n) is 10.7. The molecule has 19 heavy (non-hydrogen) atoms. The van der Waals surface area contributed by atoms with Gasteiger partial charge in [0.15, 0.2) is 0 Å². The standard InChI is InChI=1S/C10H11ClN4O3S/c1-6-2-3-7(4-8(6)19(16,17)18)14-10-13-5-12-9(11)15-10/h2-5,16-18H,1H3,(H,12,13,14,15)/i5T. The zero-order chi connectivity index (χ0) is 14.9. The summed E-state index contributed by atoms with van der Waals surface area (Å²) in [4.78, 5) is 11.0. The number of nitrogens with zero attached hydrogens (tertiary/aromatic N) is 3. The molecule has 0 atom stereocenters. The summed E-state index contributed by atoms with van der Waals surface area (Å²) in [5.41, 5.74) is 0.925. The lowest BCUT2D eigenvalue weighted by Crippen LogP contribution is -2.02. The molecule has 0 saturated heterocycles. The number of aromatic nitrogens is 3. The average Bonchev–Trinajstić information content (AvgIpc) is 2.29. The predicted octanol–water partition coefficient (Wildman–Crippen LogP) is 3.16. The zero-order valence-corrected chi connectivity index (χ0v) is 11.3. The van der Waals surface area contributed by atoms with Crippen molar-refractivity contribution in [1.29, 1.82) is 0 Å². The second-order valence-corrected chi connectivity index (χ2v) is 5.47. The Hall–Kier alpha value is -1.45. The first-order valence-electron chi connectivity index (χ1n) is 5.52. The molecule has 0 spiro atoms. The third kappa shape index (κ3) is 3.52. The van der Waals surface area contributed by atoms with Crippen LogP contribution in [0.3, 0.4) is 0 Å². The third-order valence-electron chi connectivity index (χ3n) is 2.24. The second-order valence-electron chi connectivity index (χ2n) is 3.65. The molecule has 1 aromatic heterocycles. The van der Waals surface area contributed by atoms with Gasteiger partial charge in [-0.15, -0.1) is 0 Å². The van der Waals surface area contributed by atoms with Crippen LogP contribution in [-0.4, -0.2) is 28.6 Å². The normalized spacial score (nSPS) is 13.0. The molecule has 0 aliphatic rings. The summed E-state index contributed by atoms with van der Waals surface area (Å²) < 4.78 is 35.3. The molecule has 0 bridgehead atoms. The molecule has 4 N–H and O–H groups in total. The maximum atomic E-state index is 9.32. The van der Waals surface area contributed by atoms with Crippen molar-refractivity contribution in [1.82, 2.24) is 15.0 Å². The number of halogens is 1. The Morgan fingerprint density at radius 1 is 1.32 bits per heavy atom. The number of anilines is 2. The van der Waals surface area contributed by atoms with E-state index in [4.69, 9.17) is 13.0 Å². The molecular formula is C10H11ClN4O3S. The van der Waals surface area contributed by atoms with Gasteiger partial charge in [0.05, 0.1) is 4.90 Å². The van der Waals surface area contributed by atoms with Gasteiger partial charge in [-0.25, -0.2) is 9.97 Å². The fourth-order valence-corrected chi connectivity index (χ4v) is 2.31. The lowest BCUT2D eigenvalue weighted by molar-refractivity contribution is 0.375. The van der Waals surface area contributed by atoms with Crippen molar-refractivity contribution in [2.45, 2.75) is 11.8 Å². The Kier molecular flexibility index (Phi) is 3.49. The molecule has 0 saturated carbocycles. The van der Waals surface area contributed by atoms with E-state index in [1.807, 2.05) is 0 Å². The van der Waals surface area contributed by atoms with Gasteiger partial charge < -0.3 is 19.0 Å². The van der Waals surface area contributed by atoms with Crippen LogP contribution in [-0.2, 0) is 0 Å². The minimum Gasteiger partial charge on any atom is -0.324 e. The van der Waals surface area contributed by atoms with Crippen LogP contribution in [0, 0.1) is 6.92 Å². The molecule has 9 heteroatoms. The molecule has 102 valence electrons. The van der Waals surface area contributed by atoms with Crippen LogP contribution in [0.4, 0.5) is 11.6 Å². The van der Waals surface area contributed by atoms with Crippen LogP contribution in [0.25, 0.3) is 0 Å². The van der Waals surface area contributed by atoms with E-state index in [-0.39, 0.29) is 22.4 Å². The minimum absolute atomic E-state index is 0.00579. The summed E-state index contributed by atoms with van der Waals surface area (Å²) >= 11 is 5.61. The van der Waals surface area contributed by atoms with E-state index in [1.165, 1.54) is 6.07 Å². The molecular weight excluding hydrogens is 292 g/mol. The highest BCUT2D eigenvalue weighted by atomic mass is 35.5. The summed E-state index contributed by atoms with van der Waals surface area (Å²) in [6.07, 6.45) is -0.300. The Morgan fingerprint density at radius 2 is 2.05 bits per heavy atom. The molecule has 7 nitrogen and oxygen atoms in total. The summed E-state index contributed by atoms with van der Waals surface area (Å²) in [5.74, 6) is 0.0409. The Bertz CT molecular complexity index is 633. The van der Waals surface area contributed by atoms with Crippen LogP contribution >= 0.6 is 22.5 Å². The fourth-order valence-electron chi connectivity index (χ4n) is 1.41. The Labute approximate surface area is 117 Å². The van der Waals surface area contributed by atoms with Crippen molar-refractivity contribution >= 4 is 34.1 Å². The predicted molar refractivity (Wildman–Crippen MR) is 73.0 cm³/mol. The van der Waals surface area contributed by atoms with Gasteiger partial charge in [-0.2, -0.15) is 4.98 Å². The fraction of sp³-hybridized carbons (Fsp3) is 0.100. The van der Waals surface area contributed by atoms with Gasteiger partial charge in [0.25, 0.3) is 0 Å². The van der Waals surface area contributed by atoms with Gasteiger partial charge in [-0.3, -0.25) is 0 Å². The Morgan fingerprint density at radius 3 is 2.68 bits per heavy atom. The van der Waals surface area contributed by atoms with Crippen molar-refractivity contribution in [3.05, 3.63) is 35.3 Å². The molecule has 0 amide bonds. The van der Waals surface area contributed by atoms with E-state index in [1.54, 1.807) is 19.1 Å². The molecule has 2 aromatic rings. The quantitative estimate of drug-likeness (QED) is 0.689. The van der Waals surface area contributed by atoms with E-state index >= 15 is 0 Å². The lowest BCUT2D eigenvalue weighted by atomic mass is 10.2. The summed E-state index contributed by atoms with van der Waals surface area (Å²) in [7, 11) is -3.82. The number of benzene rings is 1. The number of hydrogen-bond acceptors (Lipinski definition) is 7. The van der Waals surface area contributed by atoms with Crippen molar-refractivity contribution in [3.63, 3.8) is 0 Å². The molecule has 1 aromatic carbocycles. The first-order chi connectivity index (χ1) is 9.25. The number of rotatable bonds is 3.